The van der Waals surface area contributed by atoms with Crippen molar-refractivity contribution in [3.63, 3.8) is 0 Å². The largest absolute Gasteiger partial charge is 0.494 e. The minimum Gasteiger partial charge on any atom is -0.494 e. The van der Waals surface area contributed by atoms with E-state index in [2.05, 4.69) is 31.4 Å². The lowest BCUT2D eigenvalue weighted by atomic mass is 9.70. The highest BCUT2D eigenvalue weighted by molar-refractivity contribution is 8.02. The monoisotopic (exact) mass is 621 g/mol. The van der Waals surface area contributed by atoms with Crippen molar-refractivity contribution >= 4 is 35.2 Å². The summed E-state index contributed by atoms with van der Waals surface area (Å²) in [6.45, 7) is 12.7. The molecule has 9 heteroatoms. The quantitative estimate of drug-likeness (QED) is 0.324. The van der Waals surface area contributed by atoms with Crippen molar-refractivity contribution in [3.05, 3.63) is 60.2 Å². The van der Waals surface area contributed by atoms with Crippen LogP contribution in [0.5, 0.6) is 5.75 Å². The number of hydrogen-bond acceptors (Lipinski definition) is 6. The number of carbonyl (C=O) groups excluding carboxylic acids is 3. The first-order chi connectivity index (χ1) is 20.8. The lowest BCUT2D eigenvalue weighted by molar-refractivity contribution is -0.142. The van der Waals surface area contributed by atoms with Crippen molar-refractivity contribution in [2.24, 2.45) is 17.3 Å². The minimum absolute atomic E-state index is 0.0195. The van der Waals surface area contributed by atoms with Crippen LogP contribution in [0.1, 0.15) is 66.4 Å². The molecule has 3 fully saturated rings. The molecule has 2 aromatic rings. The van der Waals surface area contributed by atoms with Crippen molar-refractivity contribution in [2.75, 3.05) is 18.5 Å². The summed E-state index contributed by atoms with van der Waals surface area (Å²) in [6, 6.07) is 15.6. The van der Waals surface area contributed by atoms with E-state index in [1.807, 2.05) is 63.2 Å². The van der Waals surface area contributed by atoms with Gasteiger partial charge in [-0.25, -0.2) is 0 Å². The van der Waals surface area contributed by atoms with Crippen LogP contribution in [0.2, 0.25) is 0 Å². The Kier molecular flexibility index (Phi) is 9.11. The zero-order valence-corrected chi connectivity index (χ0v) is 27.6. The van der Waals surface area contributed by atoms with Gasteiger partial charge in [-0.15, -0.1) is 11.8 Å². The van der Waals surface area contributed by atoms with Gasteiger partial charge in [0, 0.05) is 16.5 Å². The average Bonchev–Trinajstić information content (AvgIpc) is 3.59. The number of anilines is 1. The average molecular weight is 622 g/mol. The predicted molar refractivity (Wildman–Crippen MR) is 175 cm³/mol. The number of likely N-dealkylation sites (tertiary alicyclic amines) is 1. The van der Waals surface area contributed by atoms with Gasteiger partial charge in [0.25, 0.3) is 0 Å². The molecule has 2 bridgehead atoms. The molecule has 0 aromatic heterocycles. The van der Waals surface area contributed by atoms with Gasteiger partial charge in [-0.2, -0.15) is 0 Å². The fourth-order valence-electron chi connectivity index (χ4n) is 8.02. The van der Waals surface area contributed by atoms with Gasteiger partial charge in [-0.05, 0) is 81.7 Å². The van der Waals surface area contributed by atoms with Crippen LogP contribution in [0.25, 0.3) is 0 Å². The van der Waals surface area contributed by atoms with Crippen LogP contribution in [0.4, 0.5) is 5.69 Å². The molecule has 6 atom stereocenters. The number of ether oxygens (including phenoxy) is 1. The maximum absolute atomic E-state index is 14.6. The summed E-state index contributed by atoms with van der Waals surface area (Å²) in [5.41, 5.74) is 1.08. The molecule has 3 aliphatic heterocycles. The van der Waals surface area contributed by atoms with Gasteiger partial charge in [-0.3, -0.25) is 14.4 Å². The molecule has 1 spiro atoms. The molecule has 0 aliphatic carbocycles. The van der Waals surface area contributed by atoms with Crippen LogP contribution in [0.3, 0.4) is 0 Å². The van der Waals surface area contributed by atoms with Crippen LogP contribution < -0.4 is 15.4 Å². The molecular weight excluding hydrogens is 574 g/mol. The van der Waals surface area contributed by atoms with E-state index in [0.29, 0.717) is 25.1 Å². The highest BCUT2D eigenvalue weighted by Gasteiger charge is 2.74. The van der Waals surface area contributed by atoms with E-state index in [-0.39, 0.29) is 35.0 Å². The number of amides is 3. The molecule has 2 aromatic carbocycles. The molecule has 0 radical (unpaired) electrons. The molecule has 3 aliphatic rings. The van der Waals surface area contributed by atoms with Crippen molar-refractivity contribution in [3.8, 4) is 5.75 Å². The minimum atomic E-state index is -0.793. The Hall–Kier alpha value is -3.04. The van der Waals surface area contributed by atoms with Crippen LogP contribution in [0, 0.1) is 17.3 Å². The summed E-state index contributed by atoms with van der Waals surface area (Å²) < 4.78 is 4.79. The van der Waals surface area contributed by atoms with Crippen molar-refractivity contribution in [1.29, 1.82) is 0 Å². The normalized spacial score (nSPS) is 26.8. The summed E-state index contributed by atoms with van der Waals surface area (Å²) in [4.78, 5) is 44.6. The third kappa shape index (κ3) is 6.36. The van der Waals surface area contributed by atoms with E-state index in [1.54, 1.807) is 28.8 Å². The number of aliphatic hydroxyl groups is 1. The van der Waals surface area contributed by atoms with Crippen molar-refractivity contribution in [2.45, 2.75) is 94.8 Å². The van der Waals surface area contributed by atoms with Gasteiger partial charge < -0.3 is 25.4 Å². The number of fused-ring (bicyclic) bond motifs is 1. The smallest absolute Gasteiger partial charge is 0.244 e. The van der Waals surface area contributed by atoms with E-state index in [4.69, 9.17) is 4.74 Å². The van der Waals surface area contributed by atoms with Crippen molar-refractivity contribution < 1.29 is 24.2 Å². The third-order valence-electron chi connectivity index (χ3n) is 9.07. The Morgan fingerprint density at radius 1 is 1.07 bits per heavy atom. The molecule has 8 nitrogen and oxygen atoms in total. The SMILES string of the molecule is CCOc1ccc(NC(=O)[C@@H]2[C@@H]3CCC4(S3)C(C(=O)NC(C)(C)CC(C)(C)C)N([C@@H](CO)Cc3ccccc3)C(=O)[C@H]24)cc1. The molecule has 0 saturated carbocycles. The van der Waals surface area contributed by atoms with Gasteiger partial charge in [0.1, 0.15) is 11.8 Å². The second kappa shape index (κ2) is 12.4. The molecule has 3 N–H and O–H groups in total. The van der Waals surface area contributed by atoms with Crippen LogP contribution in [-0.4, -0.2) is 68.6 Å². The van der Waals surface area contributed by atoms with E-state index < -0.39 is 34.2 Å². The second-order valence-electron chi connectivity index (χ2n) is 14.4. The van der Waals surface area contributed by atoms with Gasteiger partial charge in [0.15, 0.2) is 0 Å². The predicted octanol–water partition coefficient (Wildman–Crippen LogP) is 5.05. The van der Waals surface area contributed by atoms with E-state index >= 15 is 0 Å². The molecule has 3 amide bonds. The number of rotatable bonds is 11. The van der Waals surface area contributed by atoms with Gasteiger partial charge in [0.2, 0.25) is 17.7 Å². The van der Waals surface area contributed by atoms with E-state index in [1.165, 1.54) is 0 Å². The number of benzene rings is 2. The zero-order chi connectivity index (χ0) is 31.9. The second-order valence-corrected chi connectivity index (χ2v) is 16.0. The number of carbonyl (C=O) groups is 3. The maximum atomic E-state index is 14.6. The fraction of sp³-hybridized carbons (Fsp3) is 0.571. The summed E-state index contributed by atoms with van der Waals surface area (Å²) in [5.74, 6) is -1.13. The Bertz CT molecular complexity index is 1360. The van der Waals surface area contributed by atoms with E-state index in [0.717, 1.165) is 24.2 Å². The Labute approximate surface area is 265 Å². The Morgan fingerprint density at radius 3 is 2.36 bits per heavy atom. The first-order valence-electron chi connectivity index (χ1n) is 15.8. The first-order valence-corrected chi connectivity index (χ1v) is 16.7. The topological polar surface area (TPSA) is 108 Å². The van der Waals surface area contributed by atoms with Crippen LogP contribution in [0.15, 0.2) is 54.6 Å². The van der Waals surface area contributed by atoms with Gasteiger partial charge in [-0.1, -0.05) is 51.1 Å². The Morgan fingerprint density at radius 2 is 1.75 bits per heavy atom. The zero-order valence-electron chi connectivity index (χ0n) is 26.8. The van der Waals surface area contributed by atoms with Gasteiger partial charge >= 0.3 is 0 Å². The summed E-state index contributed by atoms with van der Waals surface area (Å²) in [7, 11) is 0. The molecule has 238 valence electrons. The molecule has 3 saturated heterocycles. The molecule has 2 unspecified atom stereocenters. The summed E-state index contributed by atoms with van der Waals surface area (Å²) in [6.07, 6.45) is 2.59. The summed E-state index contributed by atoms with van der Waals surface area (Å²) in [5, 5.41) is 17.0. The number of nitrogens with one attached hydrogen (secondary N) is 2. The van der Waals surface area contributed by atoms with Crippen LogP contribution in [-0.2, 0) is 20.8 Å². The Balaban J connectivity index is 1.48. The first kappa shape index (κ1) is 32.4. The number of thioether (sulfide) groups is 1. The number of nitrogens with zero attached hydrogens (tertiary/aromatic N) is 1. The van der Waals surface area contributed by atoms with E-state index in [9.17, 15) is 19.5 Å². The molecule has 3 heterocycles. The molecule has 44 heavy (non-hydrogen) atoms. The highest BCUT2D eigenvalue weighted by Crippen LogP contribution is 2.66. The standard InChI is InChI=1S/C35H47N3O5S/c1-7-43-25-15-13-23(14-16-25)36-30(40)27-26-17-18-35(44-26)28(27)32(42)38(24(20-39)19-22-11-9-8-10-12-22)29(35)31(41)37-34(5,6)21-33(2,3)4/h8-16,24,26-29,39H,7,17-21H2,1-6H3,(H,36,40)(H,37,41)/t24-,26+,27-,28+,29?,35?/m1/s1. The summed E-state index contributed by atoms with van der Waals surface area (Å²) >= 11 is 1.64. The number of aliphatic hydroxyl groups excluding tert-OH is 1. The van der Waals surface area contributed by atoms with Crippen molar-refractivity contribution in [1.82, 2.24) is 10.2 Å². The molecule has 5 rings (SSSR count). The third-order valence-corrected chi connectivity index (χ3v) is 11.0. The number of hydrogen-bond donors (Lipinski definition) is 3. The fourth-order valence-corrected chi connectivity index (χ4v) is 10.2. The van der Waals surface area contributed by atoms with Crippen LogP contribution >= 0.6 is 11.8 Å². The molecular formula is C35H47N3O5S. The highest BCUT2D eigenvalue weighted by atomic mass is 32.2. The lowest BCUT2D eigenvalue weighted by Gasteiger charge is -2.40. The van der Waals surface area contributed by atoms with Gasteiger partial charge in [0.05, 0.1) is 35.8 Å². The maximum Gasteiger partial charge on any atom is 0.244 e. The lowest BCUT2D eigenvalue weighted by Crippen LogP contribution is -2.60.